The number of aliphatic carboxylic acids is 1. The normalized spacial score (nSPS) is 35.1. The maximum absolute atomic E-state index is 12.2. The number of carbonyl (C=O) groups excluding carboxylic acids is 2. The van der Waals surface area contributed by atoms with Crippen LogP contribution in [0.4, 0.5) is 0 Å². The second-order valence-corrected chi connectivity index (χ2v) is 5.30. The number of likely N-dealkylation sites (tertiary alicyclic amines) is 1. The van der Waals surface area contributed by atoms with Gasteiger partial charge in [0, 0.05) is 12.6 Å². The predicted molar refractivity (Wildman–Crippen MR) is 62.3 cm³/mol. The molecule has 4 unspecified atom stereocenters. The molecule has 0 aromatic rings. The van der Waals surface area contributed by atoms with Crippen LogP contribution in [0.2, 0.25) is 0 Å². The number of nitrogens with two attached hydrogens (primary N) is 1. The molecule has 18 heavy (non-hydrogen) atoms. The zero-order valence-electron chi connectivity index (χ0n) is 10.3. The van der Waals surface area contributed by atoms with Crippen molar-refractivity contribution in [1.82, 2.24) is 4.90 Å². The van der Waals surface area contributed by atoms with Crippen molar-refractivity contribution >= 4 is 17.8 Å². The average molecular weight is 254 g/mol. The van der Waals surface area contributed by atoms with E-state index in [1.807, 2.05) is 6.92 Å². The number of amides is 2. The fourth-order valence-electron chi connectivity index (χ4n) is 2.60. The van der Waals surface area contributed by atoms with Gasteiger partial charge in [0.25, 0.3) is 0 Å². The van der Waals surface area contributed by atoms with Crippen LogP contribution in [0.25, 0.3) is 0 Å². The maximum Gasteiger partial charge on any atom is 0.307 e. The van der Waals surface area contributed by atoms with Crippen LogP contribution in [-0.4, -0.2) is 40.4 Å². The molecule has 100 valence electrons. The summed E-state index contributed by atoms with van der Waals surface area (Å²) in [5.74, 6) is -2.68. The molecule has 1 saturated carbocycles. The van der Waals surface area contributed by atoms with Crippen LogP contribution < -0.4 is 5.73 Å². The number of primary amides is 1. The highest BCUT2D eigenvalue weighted by molar-refractivity contribution is 5.90. The summed E-state index contributed by atoms with van der Waals surface area (Å²) >= 11 is 0. The quantitative estimate of drug-likeness (QED) is 0.729. The molecule has 1 heterocycles. The molecule has 6 heteroatoms. The Hall–Kier alpha value is -1.59. The largest absolute Gasteiger partial charge is 0.481 e. The molecule has 1 aliphatic heterocycles. The number of piperidine rings is 1. The van der Waals surface area contributed by atoms with Gasteiger partial charge in [-0.15, -0.1) is 0 Å². The Kier molecular flexibility index (Phi) is 3.28. The molecule has 2 aliphatic rings. The molecule has 1 saturated heterocycles. The molecule has 3 N–H and O–H groups in total. The van der Waals surface area contributed by atoms with Gasteiger partial charge in [0.1, 0.15) is 0 Å². The topological polar surface area (TPSA) is 101 Å². The van der Waals surface area contributed by atoms with Crippen molar-refractivity contribution in [2.75, 3.05) is 6.54 Å². The molecular formula is C12H18N2O4. The molecule has 0 bridgehead atoms. The average Bonchev–Trinajstić information content (AvgIpc) is 3.08. The Balaban J connectivity index is 2.00. The van der Waals surface area contributed by atoms with E-state index in [-0.39, 0.29) is 23.8 Å². The third kappa shape index (κ3) is 2.32. The van der Waals surface area contributed by atoms with Gasteiger partial charge >= 0.3 is 5.97 Å². The van der Waals surface area contributed by atoms with Crippen LogP contribution in [0.15, 0.2) is 0 Å². The summed E-state index contributed by atoms with van der Waals surface area (Å²) in [5.41, 5.74) is 5.27. The third-order valence-corrected chi connectivity index (χ3v) is 3.99. The van der Waals surface area contributed by atoms with Gasteiger partial charge in [-0.25, -0.2) is 0 Å². The highest BCUT2D eigenvalue weighted by Gasteiger charge is 2.51. The first-order chi connectivity index (χ1) is 8.41. The number of carboxylic acids is 1. The summed E-state index contributed by atoms with van der Waals surface area (Å²) < 4.78 is 0. The fraction of sp³-hybridized carbons (Fsp3) is 0.750. The fourth-order valence-corrected chi connectivity index (χ4v) is 2.60. The Labute approximate surface area is 105 Å². The third-order valence-electron chi connectivity index (χ3n) is 3.99. The van der Waals surface area contributed by atoms with Crippen molar-refractivity contribution < 1.29 is 19.5 Å². The Morgan fingerprint density at radius 3 is 2.39 bits per heavy atom. The molecular weight excluding hydrogens is 236 g/mol. The Bertz CT molecular complexity index is 396. The first-order valence-electron chi connectivity index (χ1n) is 6.24. The lowest BCUT2D eigenvalue weighted by Gasteiger charge is -2.37. The lowest BCUT2D eigenvalue weighted by atomic mass is 9.92. The number of rotatable bonds is 3. The maximum atomic E-state index is 12.2. The van der Waals surface area contributed by atoms with E-state index in [4.69, 9.17) is 10.8 Å². The Morgan fingerprint density at radius 2 is 1.89 bits per heavy atom. The van der Waals surface area contributed by atoms with E-state index in [0.717, 1.165) is 6.42 Å². The molecule has 6 nitrogen and oxygen atoms in total. The molecule has 0 aromatic carbocycles. The molecule has 2 rings (SSSR count). The molecule has 0 aromatic heterocycles. The van der Waals surface area contributed by atoms with E-state index in [2.05, 4.69) is 0 Å². The van der Waals surface area contributed by atoms with E-state index in [1.165, 1.54) is 0 Å². The smallest absolute Gasteiger partial charge is 0.307 e. The highest BCUT2D eigenvalue weighted by atomic mass is 16.4. The SMILES string of the molecule is CC1CCC(C(N)=O)CN1C(=O)C1CC1C(=O)O. The van der Waals surface area contributed by atoms with Crippen molar-refractivity contribution in [2.24, 2.45) is 23.5 Å². The van der Waals surface area contributed by atoms with Crippen molar-refractivity contribution in [3.63, 3.8) is 0 Å². The zero-order chi connectivity index (χ0) is 13.4. The second kappa shape index (κ2) is 4.59. The number of nitrogens with zero attached hydrogens (tertiary/aromatic N) is 1. The van der Waals surface area contributed by atoms with Gasteiger partial charge in [-0.3, -0.25) is 14.4 Å². The number of hydrogen-bond acceptors (Lipinski definition) is 3. The standard InChI is InChI=1S/C12H18N2O4/c1-6-2-3-7(10(13)15)5-14(6)11(16)8-4-9(8)12(17)18/h6-9H,2-5H2,1H3,(H2,13,15)(H,17,18). The van der Waals surface area contributed by atoms with Crippen LogP contribution in [0, 0.1) is 17.8 Å². The van der Waals surface area contributed by atoms with Gasteiger partial charge in [-0.2, -0.15) is 0 Å². The minimum absolute atomic E-state index is 0.0585. The molecule has 2 fully saturated rings. The minimum Gasteiger partial charge on any atom is -0.481 e. The van der Waals surface area contributed by atoms with Crippen LogP contribution >= 0.6 is 0 Å². The number of carboxylic acid groups (broad SMARTS) is 1. The summed E-state index contributed by atoms with van der Waals surface area (Å²) in [5, 5.41) is 8.83. The lowest BCUT2D eigenvalue weighted by molar-refractivity contribution is -0.144. The monoisotopic (exact) mass is 254 g/mol. The van der Waals surface area contributed by atoms with Crippen molar-refractivity contribution in [2.45, 2.75) is 32.2 Å². The molecule has 4 atom stereocenters. The van der Waals surface area contributed by atoms with E-state index in [9.17, 15) is 14.4 Å². The molecule has 0 spiro atoms. The number of hydrogen-bond donors (Lipinski definition) is 2. The minimum atomic E-state index is -0.913. The summed E-state index contributed by atoms with van der Waals surface area (Å²) in [6.07, 6.45) is 1.86. The molecule has 1 aliphatic carbocycles. The number of carbonyl (C=O) groups is 3. The van der Waals surface area contributed by atoms with Gasteiger partial charge in [-0.1, -0.05) is 0 Å². The second-order valence-electron chi connectivity index (χ2n) is 5.30. The van der Waals surface area contributed by atoms with Gasteiger partial charge in [-0.05, 0) is 26.2 Å². The van der Waals surface area contributed by atoms with Crippen LogP contribution in [-0.2, 0) is 14.4 Å². The summed E-state index contributed by atoms with van der Waals surface area (Å²) in [6, 6.07) is 0.0585. The highest BCUT2D eigenvalue weighted by Crippen LogP contribution is 2.41. The van der Waals surface area contributed by atoms with Crippen LogP contribution in [0.5, 0.6) is 0 Å². The first-order valence-corrected chi connectivity index (χ1v) is 6.24. The summed E-state index contributed by atoms with van der Waals surface area (Å²) in [4.78, 5) is 35.7. The summed E-state index contributed by atoms with van der Waals surface area (Å²) in [6.45, 7) is 2.26. The predicted octanol–water partition coefficient (Wildman–Crippen LogP) is -0.180. The van der Waals surface area contributed by atoms with Gasteiger partial charge in [0.15, 0.2) is 0 Å². The summed E-state index contributed by atoms with van der Waals surface area (Å²) in [7, 11) is 0. The van der Waals surface area contributed by atoms with Crippen molar-refractivity contribution in [3.8, 4) is 0 Å². The molecule has 2 amide bonds. The van der Waals surface area contributed by atoms with Crippen LogP contribution in [0.3, 0.4) is 0 Å². The van der Waals surface area contributed by atoms with Crippen molar-refractivity contribution in [3.05, 3.63) is 0 Å². The van der Waals surface area contributed by atoms with Crippen LogP contribution in [0.1, 0.15) is 26.2 Å². The van der Waals surface area contributed by atoms with Gasteiger partial charge in [0.05, 0.1) is 17.8 Å². The van der Waals surface area contributed by atoms with Gasteiger partial charge in [0.2, 0.25) is 11.8 Å². The molecule has 0 radical (unpaired) electrons. The van der Waals surface area contributed by atoms with E-state index in [1.54, 1.807) is 4.90 Å². The Morgan fingerprint density at radius 1 is 1.22 bits per heavy atom. The van der Waals surface area contributed by atoms with E-state index < -0.39 is 17.8 Å². The lowest BCUT2D eigenvalue weighted by Crippen LogP contribution is -2.49. The van der Waals surface area contributed by atoms with E-state index in [0.29, 0.717) is 19.4 Å². The van der Waals surface area contributed by atoms with E-state index >= 15 is 0 Å². The van der Waals surface area contributed by atoms with Crippen molar-refractivity contribution in [1.29, 1.82) is 0 Å². The van der Waals surface area contributed by atoms with Gasteiger partial charge < -0.3 is 15.7 Å². The zero-order valence-corrected chi connectivity index (χ0v) is 10.3. The first kappa shape index (κ1) is 12.9.